The van der Waals surface area contributed by atoms with Crippen molar-refractivity contribution in [2.45, 2.75) is 6.18 Å². The fraction of sp³-hybridized carbons (Fsp3) is 0.182. The molecule has 0 atom stereocenters. The first-order valence-electron chi connectivity index (χ1n) is 4.59. The van der Waals surface area contributed by atoms with E-state index in [1.807, 2.05) is 0 Å². The molecule has 0 saturated heterocycles. The first-order chi connectivity index (χ1) is 7.80. The van der Waals surface area contributed by atoms with E-state index in [1.165, 1.54) is 0 Å². The van der Waals surface area contributed by atoms with Gasteiger partial charge in [-0.25, -0.2) is 0 Å². The molecule has 0 radical (unpaired) electrons. The van der Waals surface area contributed by atoms with Crippen molar-refractivity contribution >= 4 is 21.8 Å². The Kier molecular flexibility index (Phi) is 4.34. The summed E-state index contributed by atoms with van der Waals surface area (Å²) >= 11 is 3.06. The number of alkyl halides is 3. The normalized spacial score (nSPS) is 11.1. The second-order valence-corrected chi connectivity index (χ2v) is 4.40. The Labute approximate surface area is 105 Å². The number of amides is 1. The van der Waals surface area contributed by atoms with Crippen LogP contribution in [0.25, 0.3) is 0 Å². The zero-order valence-electron chi connectivity index (χ0n) is 8.64. The van der Waals surface area contributed by atoms with Gasteiger partial charge in [0.2, 0.25) is 0 Å². The zero-order chi connectivity index (χ0) is 13.1. The van der Waals surface area contributed by atoms with E-state index in [4.69, 9.17) is 0 Å². The lowest BCUT2D eigenvalue weighted by Crippen LogP contribution is -2.24. The van der Waals surface area contributed by atoms with Crippen molar-refractivity contribution in [3.63, 3.8) is 0 Å². The molecule has 0 bridgehead atoms. The van der Waals surface area contributed by atoms with Gasteiger partial charge in [-0.2, -0.15) is 13.2 Å². The summed E-state index contributed by atoms with van der Waals surface area (Å²) in [6.07, 6.45) is -4.39. The fourth-order valence-corrected chi connectivity index (χ4v) is 1.23. The number of nitrogens with one attached hydrogen (secondary N) is 1. The Hall–Kier alpha value is -1.30. The highest BCUT2D eigenvalue weighted by molar-refractivity contribution is 9.11. The summed E-state index contributed by atoms with van der Waals surface area (Å²) in [6, 6.07) is 4.01. The molecule has 1 aromatic rings. The average molecular weight is 308 g/mol. The number of rotatable bonds is 3. The lowest BCUT2D eigenvalue weighted by Gasteiger charge is -2.07. The number of carbonyl (C=O) groups excluding carboxylic acids is 1. The van der Waals surface area contributed by atoms with Crippen LogP contribution in [0.1, 0.15) is 15.9 Å². The molecule has 0 aromatic heterocycles. The molecule has 1 N–H and O–H groups in total. The van der Waals surface area contributed by atoms with E-state index in [-0.39, 0.29) is 12.1 Å². The number of halogens is 4. The largest absolute Gasteiger partial charge is 0.416 e. The minimum Gasteiger partial charge on any atom is -0.347 e. The van der Waals surface area contributed by atoms with Crippen LogP contribution >= 0.6 is 15.9 Å². The molecule has 0 aliphatic carbocycles. The quantitative estimate of drug-likeness (QED) is 0.911. The third-order valence-corrected chi connectivity index (χ3v) is 2.20. The summed E-state index contributed by atoms with van der Waals surface area (Å²) in [5.74, 6) is -0.445. The summed E-state index contributed by atoms with van der Waals surface area (Å²) < 4.78 is 37.3. The Bertz CT molecular complexity index is 425. The maximum absolute atomic E-state index is 12.3. The van der Waals surface area contributed by atoms with E-state index in [1.54, 1.807) is 0 Å². The minimum absolute atomic E-state index is 0.173. The molecule has 0 spiro atoms. The van der Waals surface area contributed by atoms with E-state index < -0.39 is 17.6 Å². The molecule has 0 saturated carbocycles. The predicted octanol–water partition coefficient (Wildman–Crippen LogP) is 3.34. The van der Waals surface area contributed by atoms with Gasteiger partial charge in [0, 0.05) is 16.6 Å². The van der Waals surface area contributed by atoms with Gasteiger partial charge in [-0.05, 0) is 24.3 Å². The third-order valence-electron chi connectivity index (χ3n) is 1.92. The number of hydrogen-bond donors (Lipinski definition) is 1. The van der Waals surface area contributed by atoms with Crippen molar-refractivity contribution in [2.75, 3.05) is 6.54 Å². The molecule has 0 unspecified atom stereocenters. The smallest absolute Gasteiger partial charge is 0.347 e. The van der Waals surface area contributed by atoms with Crippen LogP contribution in [0.4, 0.5) is 13.2 Å². The molecule has 2 nitrogen and oxygen atoms in total. The highest BCUT2D eigenvalue weighted by atomic mass is 79.9. The van der Waals surface area contributed by atoms with Crippen LogP contribution in [0, 0.1) is 0 Å². The van der Waals surface area contributed by atoms with Crippen LogP contribution in [0.5, 0.6) is 0 Å². The van der Waals surface area contributed by atoms with Gasteiger partial charge in [0.25, 0.3) is 5.91 Å². The molecule has 1 amide bonds. The van der Waals surface area contributed by atoms with Crippen molar-refractivity contribution in [3.05, 3.63) is 46.5 Å². The SMILES string of the molecule is C=C(Br)CNC(=O)c1ccc(C(F)(F)F)cc1. The molecule has 92 valence electrons. The average Bonchev–Trinajstić information content (AvgIpc) is 2.25. The molecular weight excluding hydrogens is 299 g/mol. The van der Waals surface area contributed by atoms with Gasteiger partial charge in [0.05, 0.1) is 5.56 Å². The van der Waals surface area contributed by atoms with E-state index >= 15 is 0 Å². The molecule has 1 rings (SSSR count). The Balaban J connectivity index is 2.74. The van der Waals surface area contributed by atoms with Gasteiger partial charge in [0.1, 0.15) is 0 Å². The predicted molar refractivity (Wildman–Crippen MR) is 61.8 cm³/mol. The van der Waals surface area contributed by atoms with Crippen molar-refractivity contribution in [1.82, 2.24) is 5.32 Å². The van der Waals surface area contributed by atoms with E-state index in [0.717, 1.165) is 24.3 Å². The zero-order valence-corrected chi connectivity index (χ0v) is 10.2. The topological polar surface area (TPSA) is 29.1 Å². The Morgan fingerprint density at radius 3 is 2.24 bits per heavy atom. The molecule has 1 aromatic carbocycles. The van der Waals surface area contributed by atoms with Crippen LogP contribution < -0.4 is 5.32 Å². The lowest BCUT2D eigenvalue weighted by atomic mass is 10.1. The molecule has 0 heterocycles. The number of benzene rings is 1. The molecule has 6 heteroatoms. The first kappa shape index (κ1) is 13.8. The maximum atomic E-state index is 12.3. The molecule has 0 fully saturated rings. The lowest BCUT2D eigenvalue weighted by molar-refractivity contribution is -0.137. The van der Waals surface area contributed by atoms with Gasteiger partial charge in [-0.15, -0.1) is 0 Å². The third kappa shape index (κ3) is 4.22. The van der Waals surface area contributed by atoms with Gasteiger partial charge >= 0.3 is 6.18 Å². The second kappa shape index (κ2) is 5.35. The molecular formula is C11H9BrF3NO. The van der Waals surface area contributed by atoms with Crippen LogP contribution in [0.3, 0.4) is 0 Å². The van der Waals surface area contributed by atoms with Crippen LogP contribution in [0.15, 0.2) is 35.3 Å². The van der Waals surface area contributed by atoms with Crippen molar-refractivity contribution < 1.29 is 18.0 Å². The number of carbonyl (C=O) groups is 1. The monoisotopic (exact) mass is 307 g/mol. The molecule has 0 aliphatic rings. The van der Waals surface area contributed by atoms with Crippen molar-refractivity contribution in [1.29, 1.82) is 0 Å². The first-order valence-corrected chi connectivity index (χ1v) is 5.39. The van der Waals surface area contributed by atoms with Crippen LogP contribution in [-0.4, -0.2) is 12.5 Å². The number of hydrogen-bond acceptors (Lipinski definition) is 1. The summed E-state index contributed by atoms with van der Waals surface area (Å²) in [5.41, 5.74) is -0.606. The second-order valence-electron chi connectivity index (χ2n) is 3.28. The van der Waals surface area contributed by atoms with Crippen molar-refractivity contribution in [2.24, 2.45) is 0 Å². The highest BCUT2D eigenvalue weighted by Crippen LogP contribution is 2.28. The van der Waals surface area contributed by atoms with Gasteiger partial charge in [0.15, 0.2) is 0 Å². The van der Waals surface area contributed by atoms with E-state index in [2.05, 4.69) is 27.8 Å². The Morgan fingerprint density at radius 2 is 1.82 bits per heavy atom. The summed E-state index contributed by atoms with van der Waals surface area (Å²) in [5, 5.41) is 2.49. The molecule has 17 heavy (non-hydrogen) atoms. The molecule has 0 aliphatic heterocycles. The minimum atomic E-state index is -4.39. The van der Waals surface area contributed by atoms with Crippen molar-refractivity contribution in [3.8, 4) is 0 Å². The van der Waals surface area contributed by atoms with Gasteiger partial charge < -0.3 is 5.32 Å². The standard InChI is InChI=1S/C11H9BrF3NO/c1-7(12)6-16-10(17)8-2-4-9(5-3-8)11(13,14)15/h2-5H,1,6H2,(H,16,17). The highest BCUT2D eigenvalue weighted by Gasteiger charge is 2.30. The van der Waals surface area contributed by atoms with Crippen LogP contribution in [0.2, 0.25) is 0 Å². The van der Waals surface area contributed by atoms with Gasteiger partial charge in [-0.1, -0.05) is 22.5 Å². The van der Waals surface area contributed by atoms with Gasteiger partial charge in [-0.3, -0.25) is 4.79 Å². The van der Waals surface area contributed by atoms with E-state index in [9.17, 15) is 18.0 Å². The maximum Gasteiger partial charge on any atom is 0.416 e. The summed E-state index contributed by atoms with van der Waals surface area (Å²) in [6.45, 7) is 3.74. The summed E-state index contributed by atoms with van der Waals surface area (Å²) in [4.78, 5) is 11.5. The Morgan fingerprint density at radius 1 is 1.29 bits per heavy atom. The summed E-state index contributed by atoms with van der Waals surface area (Å²) in [7, 11) is 0. The van der Waals surface area contributed by atoms with E-state index in [0.29, 0.717) is 4.48 Å². The fourth-order valence-electron chi connectivity index (χ4n) is 1.09. The van der Waals surface area contributed by atoms with Crippen LogP contribution in [-0.2, 0) is 6.18 Å².